The highest BCUT2D eigenvalue weighted by molar-refractivity contribution is 9.13. The van der Waals surface area contributed by atoms with Crippen molar-refractivity contribution in [3.05, 3.63) is 71.4 Å². The largest absolute Gasteiger partial charge is 0.348 e. The Labute approximate surface area is 169 Å². The van der Waals surface area contributed by atoms with Crippen molar-refractivity contribution in [3.63, 3.8) is 0 Å². The van der Waals surface area contributed by atoms with Gasteiger partial charge in [0.25, 0.3) is 0 Å². The van der Waals surface area contributed by atoms with Crippen LogP contribution < -0.4 is 0 Å². The molecule has 0 fully saturated rings. The van der Waals surface area contributed by atoms with Crippen molar-refractivity contribution in [2.24, 2.45) is 0 Å². The summed E-state index contributed by atoms with van der Waals surface area (Å²) < 4.78 is 3.04. The molecule has 0 unspecified atom stereocenters. The van der Waals surface area contributed by atoms with Crippen LogP contribution in [-0.2, 0) is 6.42 Å². The number of nitrogens with one attached hydrogen (secondary N) is 1. The SMILES string of the molecule is Clc1ccc(-c2c[nH]c(Cc3cc(Br)c(Br)cc3Br)n2)cc1Cl. The minimum absolute atomic E-state index is 0.522. The highest BCUT2D eigenvalue weighted by atomic mass is 79.9. The van der Waals surface area contributed by atoms with Gasteiger partial charge < -0.3 is 4.98 Å². The van der Waals surface area contributed by atoms with E-state index in [0.29, 0.717) is 16.5 Å². The highest BCUT2D eigenvalue weighted by Crippen LogP contribution is 2.31. The monoisotopic (exact) mass is 536 g/mol. The lowest BCUT2D eigenvalue weighted by molar-refractivity contribution is 1.02. The van der Waals surface area contributed by atoms with Crippen LogP contribution in [0.1, 0.15) is 11.4 Å². The van der Waals surface area contributed by atoms with Gasteiger partial charge in [0.1, 0.15) is 5.82 Å². The van der Waals surface area contributed by atoms with Gasteiger partial charge in [0.05, 0.1) is 15.7 Å². The van der Waals surface area contributed by atoms with E-state index in [2.05, 4.69) is 63.8 Å². The second-order valence-electron chi connectivity index (χ2n) is 4.90. The average molecular weight is 540 g/mol. The van der Waals surface area contributed by atoms with Crippen LogP contribution in [0.3, 0.4) is 0 Å². The zero-order valence-corrected chi connectivity index (χ0v) is 17.8. The van der Waals surface area contributed by atoms with Gasteiger partial charge in [-0.25, -0.2) is 4.98 Å². The van der Waals surface area contributed by atoms with Gasteiger partial charge >= 0.3 is 0 Å². The molecule has 23 heavy (non-hydrogen) atoms. The minimum Gasteiger partial charge on any atom is -0.348 e. The molecule has 3 rings (SSSR count). The number of imidazole rings is 1. The topological polar surface area (TPSA) is 28.7 Å². The summed E-state index contributed by atoms with van der Waals surface area (Å²) in [6, 6.07) is 9.57. The van der Waals surface area contributed by atoms with E-state index >= 15 is 0 Å². The van der Waals surface area contributed by atoms with Crippen LogP contribution in [0.4, 0.5) is 0 Å². The molecule has 1 aromatic heterocycles. The van der Waals surface area contributed by atoms with Crippen molar-refractivity contribution < 1.29 is 0 Å². The van der Waals surface area contributed by atoms with Crippen molar-refractivity contribution in [1.29, 1.82) is 0 Å². The average Bonchev–Trinajstić information content (AvgIpc) is 2.96. The lowest BCUT2D eigenvalue weighted by Gasteiger charge is -2.05. The second-order valence-corrected chi connectivity index (χ2v) is 8.27. The molecule has 0 aliphatic carbocycles. The molecule has 0 saturated heterocycles. The Hall–Kier alpha value is -0.330. The Balaban J connectivity index is 1.88. The third-order valence-corrected chi connectivity index (χ3v) is 6.61. The number of aromatic amines is 1. The maximum Gasteiger partial charge on any atom is 0.111 e. The van der Waals surface area contributed by atoms with Crippen molar-refractivity contribution in [3.8, 4) is 11.3 Å². The first-order valence-electron chi connectivity index (χ1n) is 6.57. The predicted octanol–water partition coefficient (Wildman–Crippen LogP) is 7.26. The summed E-state index contributed by atoms with van der Waals surface area (Å²) in [6.45, 7) is 0. The van der Waals surface area contributed by atoms with Gasteiger partial charge in [-0.15, -0.1) is 0 Å². The summed E-state index contributed by atoms with van der Waals surface area (Å²) in [5, 5.41) is 1.06. The van der Waals surface area contributed by atoms with Gasteiger partial charge in [-0.05, 0) is 61.7 Å². The fourth-order valence-electron chi connectivity index (χ4n) is 2.14. The van der Waals surface area contributed by atoms with Crippen LogP contribution in [0, 0.1) is 0 Å². The van der Waals surface area contributed by atoms with Gasteiger partial charge in [0.2, 0.25) is 0 Å². The third-order valence-electron chi connectivity index (χ3n) is 3.29. The molecule has 118 valence electrons. The predicted molar refractivity (Wildman–Crippen MR) is 106 cm³/mol. The van der Waals surface area contributed by atoms with Gasteiger partial charge in [0, 0.05) is 31.6 Å². The molecule has 2 nitrogen and oxygen atoms in total. The summed E-state index contributed by atoms with van der Waals surface area (Å²) >= 11 is 22.6. The second kappa shape index (κ2) is 7.28. The zero-order valence-electron chi connectivity index (χ0n) is 11.5. The summed E-state index contributed by atoms with van der Waals surface area (Å²) in [4.78, 5) is 7.85. The number of hydrogen-bond donors (Lipinski definition) is 1. The number of nitrogens with zero attached hydrogens (tertiary/aromatic N) is 1. The minimum atomic E-state index is 0.522. The molecule has 3 aromatic rings. The highest BCUT2D eigenvalue weighted by Gasteiger charge is 2.10. The number of benzene rings is 2. The van der Waals surface area contributed by atoms with Crippen LogP contribution in [0.25, 0.3) is 11.3 Å². The molecule has 1 N–H and O–H groups in total. The number of H-pyrrole nitrogens is 1. The van der Waals surface area contributed by atoms with Crippen LogP contribution >= 0.6 is 71.0 Å². The molecule has 0 saturated carbocycles. The maximum absolute atomic E-state index is 6.07. The number of halogens is 5. The lowest BCUT2D eigenvalue weighted by atomic mass is 10.1. The van der Waals surface area contributed by atoms with Crippen LogP contribution in [-0.4, -0.2) is 9.97 Å². The van der Waals surface area contributed by atoms with E-state index in [0.717, 1.165) is 36.1 Å². The first-order chi connectivity index (χ1) is 10.9. The Kier molecular flexibility index (Phi) is 5.53. The molecule has 0 aliphatic heterocycles. The van der Waals surface area contributed by atoms with Crippen molar-refractivity contribution in [2.75, 3.05) is 0 Å². The van der Waals surface area contributed by atoms with Crippen LogP contribution in [0.2, 0.25) is 10.0 Å². The molecule has 0 spiro atoms. The quantitative estimate of drug-likeness (QED) is 0.349. The molecule has 2 aromatic carbocycles. The standard InChI is InChI=1S/C16H9Br3Cl2N2/c17-10-6-12(19)11(18)3-9(10)5-16-22-7-15(23-16)8-1-2-13(20)14(21)4-8/h1-4,6-7H,5H2,(H,22,23). The molecule has 7 heteroatoms. The van der Waals surface area contributed by atoms with E-state index in [1.54, 1.807) is 6.07 Å². The molecule has 0 radical (unpaired) electrons. The molecule has 0 atom stereocenters. The number of hydrogen-bond acceptors (Lipinski definition) is 1. The molecular weight excluding hydrogens is 531 g/mol. The van der Waals surface area contributed by atoms with Crippen molar-refractivity contribution in [2.45, 2.75) is 6.42 Å². The molecular formula is C16H9Br3Cl2N2. The van der Waals surface area contributed by atoms with E-state index in [4.69, 9.17) is 23.2 Å². The molecule has 0 bridgehead atoms. The lowest BCUT2D eigenvalue weighted by Crippen LogP contribution is -1.93. The maximum atomic E-state index is 6.07. The number of aromatic nitrogens is 2. The molecule has 0 amide bonds. The Morgan fingerprint density at radius 3 is 2.39 bits per heavy atom. The van der Waals surface area contributed by atoms with Gasteiger partial charge in [-0.3, -0.25) is 0 Å². The van der Waals surface area contributed by atoms with E-state index in [9.17, 15) is 0 Å². The molecule has 0 aliphatic rings. The van der Waals surface area contributed by atoms with E-state index in [1.807, 2.05) is 24.4 Å². The first kappa shape index (κ1) is 17.5. The zero-order chi connectivity index (χ0) is 16.6. The summed E-state index contributed by atoms with van der Waals surface area (Å²) in [5.41, 5.74) is 2.90. The summed E-state index contributed by atoms with van der Waals surface area (Å²) in [7, 11) is 0. The van der Waals surface area contributed by atoms with Gasteiger partial charge in [-0.2, -0.15) is 0 Å². The first-order valence-corrected chi connectivity index (χ1v) is 9.70. The smallest absolute Gasteiger partial charge is 0.111 e. The van der Waals surface area contributed by atoms with Crippen LogP contribution in [0.15, 0.2) is 49.9 Å². The van der Waals surface area contributed by atoms with Gasteiger partial charge in [0.15, 0.2) is 0 Å². The Bertz CT molecular complexity index is 878. The van der Waals surface area contributed by atoms with E-state index in [-0.39, 0.29) is 0 Å². The van der Waals surface area contributed by atoms with Gasteiger partial charge in [-0.1, -0.05) is 45.2 Å². The van der Waals surface area contributed by atoms with E-state index < -0.39 is 0 Å². The normalized spacial score (nSPS) is 11.0. The molecule has 1 heterocycles. The Morgan fingerprint density at radius 2 is 1.65 bits per heavy atom. The van der Waals surface area contributed by atoms with E-state index in [1.165, 1.54) is 0 Å². The fraction of sp³-hybridized carbons (Fsp3) is 0.0625. The summed E-state index contributed by atoms with van der Waals surface area (Å²) in [5.74, 6) is 0.876. The number of rotatable bonds is 3. The third kappa shape index (κ3) is 4.02. The Morgan fingerprint density at radius 1 is 0.913 bits per heavy atom. The summed E-state index contributed by atoms with van der Waals surface area (Å²) in [6.07, 6.45) is 2.56. The van der Waals surface area contributed by atoms with Crippen molar-refractivity contribution in [1.82, 2.24) is 9.97 Å². The van der Waals surface area contributed by atoms with Crippen LogP contribution in [0.5, 0.6) is 0 Å². The fourth-order valence-corrected chi connectivity index (χ4v) is 3.96. The van der Waals surface area contributed by atoms with Crippen molar-refractivity contribution >= 4 is 71.0 Å².